The average Bonchev–Trinajstić information content (AvgIpc) is 3.32. The smallest absolute Gasteiger partial charge is 0.264 e. The van der Waals surface area contributed by atoms with E-state index in [2.05, 4.69) is 13.8 Å². The lowest BCUT2D eigenvalue weighted by Gasteiger charge is -2.14. The van der Waals surface area contributed by atoms with E-state index in [9.17, 15) is 19.2 Å². The second kappa shape index (κ2) is 15.2. The van der Waals surface area contributed by atoms with Crippen LogP contribution in [-0.2, 0) is 13.1 Å². The van der Waals surface area contributed by atoms with E-state index in [4.69, 9.17) is 0 Å². The van der Waals surface area contributed by atoms with Gasteiger partial charge in [0.15, 0.2) is 11.6 Å². The molecule has 39 heavy (non-hydrogen) atoms. The Balaban J connectivity index is 0.000000976. The molecule has 0 saturated carbocycles. The van der Waals surface area contributed by atoms with Gasteiger partial charge in [0.05, 0.1) is 21.5 Å². The summed E-state index contributed by atoms with van der Waals surface area (Å²) in [6, 6.07) is 0. The number of nitrogens with zero attached hydrogens (tertiary/aromatic N) is 2. The van der Waals surface area contributed by atoms with Crippen LogP contribution in [0.15, 0.2) is 19.2 Å². The van der Waals surface area contributed by atoms with Crippen molar-refractivity contribution in [3.63, 3.8) is 0 Å². The minimum absolute atomic E-state index is 0.00739. The van der Waals surface area contributed by atoms with Crippen LogP contribution in [0.1, 0.15) is 112 Å². The molecule has 3 rings (SSSR count). The van der Waals surface area contributed by atoms with Crippen LogP contribution in [0.2, 0.25) is 0 Å². The molecule has 0 spiro atoms. The van der Waals surface area contributed by atoms with E-state index in [0.717, 1.165) is 47.7 Å². The second-order valence-corrected chi connectivity index (χ2v) is 10.8. The fourth-order valence-electron chi connectivity index (χ4n) is 5.25. The van der Waals surface area contributed by atoms with Crippen molar-refractivity contribution in [3.05, 3.63) is 53.0 Å². The summed E-state index contributed by atoms with van der Waals surface area (Å²) in [6.07, 6.45) is 10.8. The molecule has 6 nitrogen and oxygen atoms in total. The molecule has 218 valence electrons. The maximum atomic E-state index is 15.5. The highest BCUT2D eigenvalue weighted by molar-refractivity contribution is 5.99. The van der Waals surface area contributed by atoms with Crippen LogP contribution in [0.25, 0.3) is 21.5 Å². The molecular weight excluding hydrogens is 502 g/mol. The number of unbranched alkanes of at least 4 members (excludes halogenated alkanes) is 4. The van der Waals surface area contributed by atoms with Crippen molar-refractivity contribution in [1.29, 1.82) is 0 Å². The minimum Gasteiger partial charge on any atom is -0.274 e. The number of rotatable bonds is 14. The molecular formula is C31H46F2N2O4. The van der Waals surface area contributed by atoms with Gasteiger partial charge >= 0.3 is 0 Å². The molecule has 2 atom stereocenters. The van der Waals surface area contributed by atoms with E-state index >= 15 is 8.78 Å². The molecule has 3 aromatic rings. The van der Waals surface area contributed by atoms with Crippen molar-refractivity contribution < 1.29 is 8.78 Å². The highest BCUT2D eigenvalue weighted by Crippen LogP contribution is 2.25. The maximum absolute atomic E-state index is 15.5. The Labute approximate surface area is 229 Å². The van der Waals surface area contributed by atoms with Gasteiger partial charge in [-0.25, -0.2) is 8.78 Å². The molecule has 0 aliphatic heterocycles. The van der Waals surface area contributed by atoms with E-state index in [1.807, 2.05) is 27.7 Å². The van der Waals surface area contributed by atoms with Crippen LogP contribution in [0.4, 0.5) is 8.78 Å². The van der Waals surface area contributed by atoms with E-state index in [1.165, 1.54) is 19.3 Å². The normalized spacial score (nSPS) is 13.1. The summed E-state index contributed by atoms with van der Waals surface area (Å²) in [5.41, 5.74) is -3.77. The molecule has 0 amide bonds. The standard InChI is InChI=1S/C26H34F2N2O4.C5H12/c1-5-9-11-15(7-3)13-29-23(31)17-18(24(29)32)22(28)20-19(21(17)27)25(33)30(26(20)34)14-16(8-4)12-10-6-2;1-3-5-4-2/h15-16H,5-14H2,1-4H3;3-5H2,1-2H3. The van der Waals surface area contributed by atoms with Crippen LogP contribution in [0.5, 0.6) is 0 Å². The molecule has 2 aromatic heterocycles. The number of aromatic nitrogens is 2. The van der Waals surface area contributed by atoms with Gasteiger partial charge in [0.2, 0.25) is 0 Å². The topological polar surface area (TPSA) is 78.1 Å². The van der Waals surface area contributed by atoms with Crippen LogP contribution in [0, 0.1) is 23.5 Å². The van der Waals surface area contributed by atoms with Gasteiger partial charge in [-0.1, -0.05) is 99.3 Å². The molecule has 0 aliphatic carbocycles. The number of hydrogen-bond acceptors (Lipinski definition) is 4. The summed E-state index contributed by atoms with van der Waals surface area (Å²) in [4.78, 5) is 52.0. The van der Waals surface area contributed by atoms with Crippen LogP contribution in [-0.4, -0.2) is 9.13 Å². The third-order valence-electron chi connectivity index (χ3n) is 7.89. The Morgan fingerprint density at radius 3 is 1.00 bits per heavy atom. The van der Waals surface area contributed by atoms with Crippen molar-refractivity contribution in [2.24, 2.45) is 11.8 Å². The van der Waals surface area contributed by atoms with E-state index in [-0.39, 0.29) is 24.9 Å². The third kappa shape index (κ3) is 6.93. The molecule has 0 radical (unpaired) electrons. The van der Waals surface area contributed by atoms with Crippen molar-refractivity contribution >= 4 is 21.5 Å². The Morgan fingerprint density at radius 1 is 0.513 bits per heavy atom. The van der Waals surface area contributed by atoms with Gasteiger partial charge in [0, 0.05) is 13.1 Å². The second-order valence-electron chi connectivity index (χ2n) is 10.8. The minimum atomic E-state index is -1.27. The Morgan fingerprint density at radius 2 is 0.795 bits per heavy atom. The van der Waals surface area contributed by atoms with Gasteiger partial charge in [-0.3, -0.25) is 28.3 Å². The highest BCUT2D eigenvalue weighted by Gasteiger charge is 2.30. The van der Waals surface area contributed by atoms with Crippen molar-refractivity contribution in [2.75, 3.05) is 0 Å². The zero-order valence-corrected chi connectivity index (χ0v) is 24.6. The summed E-state index contributed by atoms with van der Waals surface area (Å²) in [5.74, 6) is -2.52. The summed E-state index contributed by atoms with van der Waals surface area (Å²) in [7, 11) is 0. The molecule has 8 heteroatoms. The fraction of sp³-hybridized carbons (Fsp3) is 0.677. The highest BCUT2D eigenvalue weighted by atomic mass is 19.1. The Bertz CT molecular complexity index is 1240. The predicted octanol–water partition coefficient (Wildman–Crippen LogP) is 6.82. The largest absolute Gasteiger partial charge is 0.274 e. The average molecular weight is 549 g/mol. The summed E-state index contributed by atoms with van der Waals surface area (Å²) < 4.78 is 32.8. The number of benzene rings is 1. The zero-order chi connectivity index (χ0) is 29.3. The van der Waals surface area contributed by atoms with Crippen molar-refractivity contribution in [1.82, 2.24) is 9.13 Å². The van der Waals surface area contributed by atoms with Gasteiger partial charge in [-0.05, 0) is 24.7 Å². The third-order valence-corrected chi connectivity index (χ3v) is 7.89. The molecule has 2 unspecified atom stereocenters. The quantitative estimate of drug-likeness (QED) is 0.221. The first-order chi connectivity index (χ1) is 18.6. The molecule has 1 aromatic carbocycles. The number of hydrogen-bond donors (Lipinski definition) is 0. The van der Waals surface area contributed by atoms with Crippen LogP contribution >= 0.6 is 0 Å². The van der Waals surface area contributed by atoms with Gasteiger partial charge in [-0.2, -0.15) is 0 Å². The van der Waals surface area contributed by atoms with Gasteiger partial charge in [0.25, 0.3) is 22.2 Å². The molecule has 0 aliphatic rings. The van der Waals surface area contributed by atoms with Crippen molar-refractivity contribution in [2.45, 2.75) is 125 Å². The lowest BCUT2D eigenvalue weighted by Crippen LogP contribution is -2.30. The van der Waals surface area contributed by atoms with E-state index in [0.29, 0.717) is 12.8 Å². The predicted molar refractivity (Wildman–Crippen MR) is 157 cm³/mol. The fourth-order valence-corrected chi connectivity index (χ4v) is 5.25. The number of halogens is 2. The lowest BCUT2D eigenvalue weighted by atomic mass is 9.99. The van der Waals surface area contributed by atoms with Gasteiger partial charge in [-0.15, -0.1) is 0 Å². The van der Waals surface area contributed by atoms with Crippen LogP contribution < -0.4 is 22.2 Å². The zero-order valence-electron chi connectivity index (χ0n) is 24.6. The molecule has 0 saturated heterocycles. The molecule has 0 N–H and O–H groups in total. The SMILES string of the molecule is CCCCC.CCCCC(CC)Cn1c(=O)c2c(F)c3c(=O)n(CC(CC)CCCC)c(=O)c3c(F)c2c1=O. The van der Waals surface area contributed by atoms with E-state index in [1.54, 1.807) is 0 Å². The first kappa shape index (κ1) is 32.6. The molecule has 2 heterocycles. The lowest BCUT2D eigenvalue weighted by molar-refractivity contribution is 0.383. The first-order valence-electron chi connectivity index (χ1n) is 14.9. The first-order valence-corrected chi connectivity index (χ1v) is 14.9. The molecule has 0 fully saturated rings. The van der Waals surface area contributed by atoms with Gasteiger partial charge < -0.3 is 0 Å². The van der Waals surface area contributed by atoms with E-state index < -0.39 is 55.4 Å². The molecule has 0 bridgehead atoms. The summed E-state index contributed by atoms with van der Waals surface area (Å²) in [5, 5.41) is -2.92. The van der Waals surface area contributed by atoms with Crippen LogP contribution in [0.3, 0.4) is 0 Å². The summed E-state index contributed by atoms with van der Waals surface area (Å²) in [6.45, 7) is 12.5. The Hall–Kier alpha value is -2.64. The van der Waals surface area contributed by atoms with Gasteiger partial charge in [0.1, 0.15) is 0 Å². The van der Waals surface area contributed by atoms with Crippen molar-refractivity contribution in [3.8, 4) is 0 Å². The summed E-state index contributed by atoms with van der Waals surface area (Å²) >= 11 is 0. The Kier molecular flexibility index (Phi) is 12.7. The monoisotopic (exact) mass is 548 g/mol. The number of fused-ring (bicyclic) bond motifs is 2. The maximum Gasteiger partial charge on any atom is 0.264 e.